The van der Waals surface area contributed by atoms with Crippen LogP contribution in [0.5, 0.6) is 0 Å². The Balaban J connectivity index is 1.41. The van der Waals surface area contributed by atoms with E-state index in [0.717, 1.165) is 30.5 Å². The van der Waals surface area contributed by atoms with Gasteiger partial charge in [-0.2, -0.15) is 13.2 Å². The summed E-state index contributed by atoms with van der Waals surface area (Å²) in [5.74, 6) is -1.06. The first-order valence-corrected chi connectivity index (χ1v) is 11.8. The Bertz CT molecular complexity index is 1090. The Kier molecular flexibility index (Phi) is 7.14. The molecule has 0 aromatic heterocycles. The quantitative estimate of drug-likeness (QED) is 0.648. The smallest absolute Gasteiger partial charge is 0.352 e. The summed E-state index contributed by atoms with van der Waals surface area (Å²) in [5.41, 5.74) is 0.796. The largest absolute Gasteiger partial charge is 0.416 e. The molecule has 186 valence electrons. The number of halogens is 3. The molecule has 6 nitrogen and oxygen atoms in total. The number of carbonyl (C=O) groups is 3. The van der Waals surface area contributed by atoms with E-state index in [2.05, 4.69) is 10.6 Å². The molecule has 1 unspecified atom stereocenters. The lowest BCUT2D eigenvalue weighted by atomic mass is 9.88. The normalized spacial score (nSPS) is 17.5. The zero-order valence-electron chi connectivity index (χ0n) is 19.4. The molecule has 35 heavy (non-hydrogen) atoms. The summed E-state index contributed by atoms with van der Waals surface area (Å²) in [6, 6.07) is 10.7. The minimum atomic E-state index is -4.46. The Morgan fingerprint density at radius 2 is 1.60 bits per heavy atom. The number of hydrogen-bond acceptors (Lipinski definition) is 3. The summed E-state index contributed by atoms with van der Waals surface area (Å²) in [6.07, 6.45) is -1.64. The van der Waals surface area contributed by atoms with Gasteiger partial charge in [0, 0.05) is 30.3 Å². The molecule has 4 rings (SSSR count). The van der Waals surface area contributed by atoms with Crippen LogP contribution in [-0.2, 0) is 11.0 Å². The van der Waals surface area contributed by atoms with E-state index >= 15 is 0 Å². The van der Waals surface area contributed by atoms with Gasteiger partial charge in [0.25, 0.3) is 11.8 Å². The second-order valence-electron chi connectivity index (χ2n) is 9.31. The topological polar surface area (TPSA) is 78.5 Å². The van der Waals surface area contributed by atoms with Crippen molar-refractivity contribution in [3.8, 4) is 0 Å². The molecule has 9 heteroatoms. The van der Waals surface area contributed by atoms with Crippen molar-refractivity contribution in [2.75, 3.05) is 13.1 Å². The lowest BCUT2D eigenvalue weighted by Gasteiger charge is -2.36. The molecule has 1 saturated heterocycles. The summed E-state index contributed by atoms with van der Waals surface area (Å²) < 4.78 is 38.4. The van der Waals surface area contributed by atoms with Gasteiger partial charge in [-0.3, -0.25) is 14.4 Å². The van der Waals surface area contributed by atoms with E-state index in [4.69, 9.17) is 0 Å². The monoisotopic (exact) mass is 487 g/mol. The number of amides is 3. The Labute approximate surface area is 201 Å². The number of rotatable bonds is 6. The van der Waals surface area contributed by atoms with E-state index in [1.54, 1.807) is 23.1 Å². The fourth-order valence-electron chi connectivity index (χ4n) is 4.35. The minimum absolute atomic E-state index is 0.141. The molecule has 0 spiro atoms. The third-order valence-electron chi connectivity index (χ3n) is 6.53. The first kappa shape index (κ1) is 24.8. The molecule has 2 aromatic rings. The summed E-state index contributed by atoms with van der Waals surface area (Å²) in [5, 5.41) is 5.87. The van der Waals surface area contributed by atoms with Gasteiger partial charge < -0.3 is 15.5 Å². The second-order valence-corrected chi connectivity index (χ2v) is 9.31. The van der Waals surface area contributed by atoms with Crippen molar-refractivity contribution >= 4 is 17.7 Å². The third kappa shape index (κ3) is 6.21. The van der Waals surface area contributed by atoms with E-state index in [1.165, 1.54) is 12.1 Å². The van der Waals surface area contributed by atoms with Crippen LogP contribution in [0.3, 0.4) is 0 Å². The summed E-state index contributed by atoms with van der Waals surface area (Å²) in [7, 11) is 0. The fraction of sp³-hybridized carbons (Fsp3) is 0.423. The van der Waals surface area contributed by atoms with Crippen LogP contribution in [0, 0.1) is 12.8 Å². The van der Waals surface area contributed by atoms with Crippen LogP contribution in [-0.4, -0.2) is 47.8 Å². The van der Waals surface area contributed by atoms with Crippen molar-refractivity contribution in [1.82, 2.24) is 15.5 Å². The van der Waals surface area contributed by atoms with Gasteiger partial charge in [0.05, 0.1) is 5.56 Å². The number of piperidine rings is 1. The SMILES string of the molecule is Cc1cccc(C(=O)NC(C(=O)NC2CC2)C2CCN(C(=O)c3ccc(C(F)(F)F)cc3)CC2)c1. The van der Waals surface area contributed by atoms with Crippen molar-refractivity contribution in [3.05, 3.63) is 70.8 Å². The summed E-state index contributed by atoms with van der Waals surface area (Å²) in [6.45, 7) is 2.58. The maximum absolute atomic E-state index is 13.0. The molecule has 2 aliphatic rings. The number of carbonyl (C=O) groups excluding carboxylic acids is 3. The maximum Gasteiger partial charge on any atom is 0.416 e. The van der Waals surface area contributed by atoms with Gasteiger partial charge in [-0.25, -0.2) is 0 Å². The highest BCUT2D eigenvalue weighted by Crippen LogP contribution is 2.30. The van der Waals surface area contributed by atoms with Gasteiger partial charge in [-0.1, -0.05) is 17.7 Å². The Morgan fingerprint density at radius 3 is 2.17 bits per heavy atom. The van der Waals surface area contributed by atoms with Gasteiger partial charge >= 0.3 is 6.18 Å². The van der Waals surface area contributed by atoms with Crippen LogP contribution in [0.25, 0.3) is 0 Å². The number of hydrogen-bond donors (Lipinski definition) is 2. The standard InChI is InChI=1S/C26H28F3N3O3/c1-16-3-2-4-19(15-16)23(33)31-22(24(34)30-21-9-10-21)17-11-13-32(14-12-17)25(35)18-5-7-20(8-6-18)26(27,28)29/h2-8,15,17,21-22H,9-14H2,1H3,(H,30,34)(H,31,33). The second kappa shape index (κ2) is 10.1. The average Bonchev–Trinajstić information content (AvgIpc) is 3.65. The van der Waals surface area contributed by atoms with Crippen LogP contribution >= 0.6 is 0 Å². The van der Waals surface area contributed by atoms with E-state index in [9.17, 15) is 27.6 Å². The summed E-state index contributed by atoms with van der Waals surface area (Å²) in [4.78, 5) is 40.2. The number of likely N-dealkylation sites (tertiary alicyclic amines) is 1. The zero-order chi connectivity index (χ0) is 25.2. The van der Waals surface area contributed by atoms with Crippen LogP contribution in [0.2, 0.25) is 0 Å². The number of nitrogens with one attached hydrogen (secondary N) is 2. The van der Waals surface area contributed by atoms with E-state index < -0.39 is 17.8 Å². The van der Waals surface area contributed by atoms with Gasteiger partial charge in [0.1, 0.15) is 6.04 Å². The predicted molar refractivity (Wildman–Crippen MR) is 124 cm³/mol. The van der Waals surface area contributed by atoms with Gasteiger partial charge in [-0.05, 0) is 74.9 Å². The number of aryl methyl sites for hydroxylation is 1. The van der Waals surface area contributed by atoms with Crippen molar-refractivity contribution < 1.29 is 27.6 Å². The van der Waals surface area contributed by atoms with Gasteiger partial charge in [0.15, 0.2) is 0 Å². The summed E-state index contributed by atoms with van der Waals surface area (Å²) >= 11 is 0. The predicted octanol–water partition coefficient (Wildman–Crippen LogP) is 3.94. The van der Waals surface area contributed by atoms with Gasteiger partial charge in [-0.15, -0.1) is 0 Å². The molecular weight excluding hydrogens is 459 g/mol. The molecule has 1 aliphatic carbocycles. The first-order valence-electron chi connectivity index (χ1n) is 11.8. The van der Waals surface area contributed by atoms with Crippen molar-refractivity contribution in [3.63, 3.8) is 0 Å². The van der Waals surface area contributed by atoms with Crippen molar-refractivity contribution in [2.45, 2.75) is 50.9 Å². The maximum atomic E-state index is 13.0. The minimum Gasteiger partial charge on any atom is -0.352 e. The highest BCUT2D eigenvalue weighted by molar-refractivity contribution is 5.98. The van der Waals surface area contributed by atoms with Crippen molar-refractivity contribution in [2.24, 2.45) is 5.92 Å². The van der Waals surface area contributed by atoms with Crippen LogP contribution < -0.4 is 10.6 Å². The molecule has 1 heterocycles. The van der Waals surface area contributed by atoms with Crippen LogP contribution in [0.1, 0.15) is 57.5 Å². The number of alkyl halides is 3. The molecule has 0 radical (unpaired) electrons. The molecular formula is C26H28F3N3O3. The van der Waals surface area contributed by atoms with E-state index in [-0.39, 0.29) is 35.2 Å². The molecule has 1 aliphatic heterocycles. The van der Waals surface area contributed by atoms with Crippen LogP contribution in [0.4, 0.5) is 13.2 Å². The molecule has 2 fully saturated rings. The average molecular weight is 488 g/mol. The van der Waals surface area contributed by atoms with E-state index in [1.807, 2.05) is 13.0 Å². The highest BCUT2D eigenvalue weighted by atomic mass is 19.4. The molecule has 1 saturated carbocycles. The lowest BCUT2D eigenvalue weighted by molar-refractivity contribution is -0.137. The fourth-order valence-corrected chi connectivity index (χ4v) is 4.35. The third-order valence-corrected chi connectivity index (χ3v) is 6.53. The molecule has 1 atom stereocenters. The van der Waals surface area contributed by atoms with Gasteiger partial charge in [0.2, 0.25) is 5.91 Å². The Morgan fingerprint density at radius 1 is 0.943 bits per heavy atom. The molecule has 2 aromatic carbocycles. The number of benzene rings is 2. The highest BCUT2D eigenvalue weighted by Gasteiger charge is 2.36. The van der Waals surface area contributed by atoms with E-state index in [0.29, 0.717) is 31.5 Å². The molecule has 3 amide bonds. The first-order chi connectivity index (χ1) is 16.6. The lowest BCUT2D eigenvalue weighted by Crippen LogP contribution is -2.54. The number of nitrogens with zero attached hydrogens (tertiary/aromatic N) is 1. The Hall–Kier alpha value is -3.36. The van der Waals surface area contributed by atoms with Crippen molar-refractivity contribution in [1.29, 1.82) is 0 Å². The molecule has 0 bridgehead atoms. The van der Waals surface area contributed by atoms with Crippen LogP contribution in [0.15, 0.2) is 48.5 Å². The molecule has 2 N–H and O–H groups in total. The zero-order valence-corrected chi connectivity index (χ0v) is 19.4.